The smallest absolute Gasteiger partial charge is 0.331 e. The Hall–Kier alpha value is -3.26. The summed E-state index contributed by atoms with van der Waals surface area (Å²) in [4.78, 5) is 44.8. The number of amides is 4. The molecule has 8 nitrogen and oxygen atoms in total. The molecule has 2 aromatic rings. The van der Waals surface area contributed by atoms with Crippen LogP contribution in [0.25, 0.3) is 0 Å². The quantitative estimate of drug-likeness (QED) is 0.584. The molecule has 2 aliphatic rings. The molecule has 4 amide bonds. The van der Waals surface area contributed by atoms with Crippen LogP contribution in [0.4, 0.5) is 4.79 Å². The van der Waals surface area contributed by atoms with Crippen molar-refractivity contribution in [3.05, 3.63) is 60.1 Å². The van der Waals surface area contributed by atoms with E-state index >= 15 is 0 Å². The predicted octanol–water partition coefficient (Wildman–Crippen LogP) is 2.21. The molecule has 0 spiro atoms. The highest BCUT2D eigenvalue weighted by atomic mass is 16.3. The first-order chi connectivity index (χ1) is 14.6. The highest BCUT2D eigenvalue weighted by Gasteiger charge is 2.40. The number of nitrogens with zero attached hydrogens (tertiary/aromatic N) is 3. The molecular weight excluding hydrogens is 384 g/mol. The molecule has 2 aliphatic heterocycles. The number of piperidine rings is 1. The summed E-state index contributed by atoms with van der Waals surface area (Å²) >= 11 is 0. The zero-order chi connectivity index (χ0) is 20.9. The number of benzene rings is 1. The highest BCUT2D eigenvalue weighted by molar-refractivity contribution is 6.23. The van der Waals surface area contributed by atoms with E-state index in [2.05, 4.69) is 27.3 Å². The van der Waals surface area contributed by atoms with Crippen molar-refractivity contribution in [2.45, 2.75) is 32.0 Å². The van der Waals surface area contributed by atoms with Crippen LogP contribution in [0, 0.1) is 5.92 Å². The third-order valence-electron chi connectivity index (χ3n) is 5.44. The number of imide groups is 2. The molecular formula is C22H24N4O4. The number of hydrogen-bond acceptors (Lipinski definition) is 6. The minimum absolute atomic E-state index is 0.0207. The Morgan fingerprint density at radius 3 is 2.50 bits per heavy atom. The summed E-state index contributed by atoms with van der Waals surface area (Å²) in [7, 11) is 0. The number of barbiturate groups is 1. The Labute approximate surface area is 174 Å². The zero-order valence-corrected chi connectivity index (χ0v) is 16.6. The van der Waals surface area contributed by atoms with E-state index in [-0.39, 0.29) is 12.6 Å². The van der Waals surface area contributed by atoms with E-state index in [9.17, 15) is 14.4 Å². The van der Waals surface area contributed by atoms with Crippen LogP contribution in [-0.2, 0) is 22.7 Å². The van der Waals surface area contributed by atoms with Gasteiger partial charge in [-0.05, 0) is 30.5 Å². The summed E-state index contributed by atoms with van der Waals surface area (Å²) < 4.78 is 5.21. The minimum Gasteiger partial charge on any atom is -0.467 e. The summed E-state index contributed by atoms with van der Waals surface area (Å²) in [6, 6.07) is 13.0. The molecule has 1 N–H and O–H groups in total. The van der Waals surface area contributed by atoms with Gasteiger partial charge in [0.1, 0.15) is 5.76 Å². The van der Waals surface area contributed by atoms with Crippen LogP contribution in [0.2, 0.25) is 0 Å². The third kappa shape index (κ3) is 4.65. The van der Waals surface area contributed by atoms with Gasteiger partial charge in [0.2, 0.25) is 11.8 Å². The van der Waals surface area contributed by atoms with Gasteiger partial charge in [0.05, 0.1) is 18.8 Å². The molecule has 2 fully saturated rings. The molecule has 0 bridgehead atoms. The van der Waals surface area contributed by atoms with Gasteiger partial charge in [-0.2, -0.15) is 0 Å². The number of carbonyl (C=O) groups excluding carboxylic acids is 3. The molecule has 0 aliphatic carbocycles. The molecule has 3 heterocycles. The van der Waals surface area contributed by atoms with E-state index in [1.165, 1.54) is 18.0 Å². The van der Waals surface area contributed by atoms with Gasteiger partial charge in [-0.3, -0.25) is 29.7 Å². The monoisotopic (exact) mass is 408 g/mol. The van der Waals surface area contributed by atoms with Crippen LogP contribution < -0.4 is 5.32 Å². The largest absolute Gasteiger partial charge is 0.467 e. The second kappa shape index (κ2) is 9.04. The van der Waals surface area contributed by atoms with E-state index in [1.54, 1.807) is 12.1 Å². The number of nitrogens with one attached hydrogen (secondary N) is 1. The Balaban J connectivity index is 1.33. The second-order valence-corrected chi connectivity index (χ2v) is 7.57. The van der Waals surface area contributed by atoms with E-state index in [4.69, 9.17) is 4.42 Å². The van der Waals surface area contributed by atoms with Crippen LogP contribution in [0.5, 0.6) is 0 Å². The average Bonchev–Trinajstić information content (AvgIpc) is 3.26. The van der Waals surface area contributed by atoms with E-state index in [0.717, 1.165) is 37.4 Å². The van der Waals surface area contributed by atoms with Crippen molar-refractivity contribution < 1.29 is 18.8 Å². The molecule has 0 radical (unpaired) electrons. The fraction of sp³-hybridized carbons (Fsp3) is 0.364. The summed E-state index contributed by atoms with van der Waals surface area (Å²) in [5, 5.41) is 2.23. The lowest BCUT2D eigenvalue weighted by Crippen LogP contribution is -2.57. The van der Waals surface area contributed by atoms with Crippen LogP contribution in [0.3, 0.4) is 0 Å². The van der Waals surface area contributed by atoms with Crippen molar-refractivity contribution in [1.29, 1.82) is 0 Å². The van der Waals surface area contributed by atoms with Crippen molar-refractivity contribution in [2.24, 2.45) is 10.9 Å². The standard InChI is InChI=1S/C22H24N4O4/c27-20-19(21(28)26(22(29)24-20)15-18-7-4-12-30-18)13-23-17-8-10-25(11-9-17)14-16-5-2-1-3-6-16/h1-7,12-13,17,19H,8-11,14-15H2,(H,24,27,29). The molecule has 4 rings (SSSR count). The van der Waals surface area contributed by atoms with Gasteiger partial charge in [0.15, 0.2) is 5.92 Å². The van der Waals surface area contributed by atoms with Crippen molar-refractivity contribution in [1.82, 2.24) is 15.1 Å². The van der Waals surface area contributed by atoms with Gasteiger partial charge in [0.25, 0.3) is 0 Å². The van der Waals surface area contributed by atoms with Crippen LogP contribution in [0.1, 0.15) is 24.2 Å². The first-order valence-electron chi connectivity index (χ1n) is 10.1. The zero-order valence-electron chi connectivity index (χ0n) is 16.6. The van der Waals surface area contributed by atoms with E-state index < -0.39 is 23.8 Å². The lowest BCUT2D eigenvalue weighted by Gasteiger charge is -2.31. The fourth-order valence-electron chi connectivity index (χ4n) is 3.75. The maximum atomic E-state index is 12.7. The van der Waals surface area contributed by atoms with Gasteiger partial charge < -0.3 is 4.42 Å². The number of urea groups is 1. The lowest BCUT2D eigenvalue weighted by atomic mass is 10.0. The lowest BCUT2D eigenvalue weighted by molar-refractivity contribution is -0.139. The fourth-order valence-corrected chi connectivity index (χ4v) is 3.75. The predicted molar refractivity (Wildman–Crippen MR) is 110 cm³/mol. The number of likely N-dealkylation sites (tertiary alicyclic amines) is 1. The molecule has 30 heavy (non-hydrogen) atoms. The molecule has 156 valence electrons. The number of rotatable bonds is 6. The topological polar surface area (TPSA) is 95.2 Å². The van der Waals surface area contributed by atoms with Gasteiger partial charge in [-0.15, -0.1) is 0 Å². The molecule has 1 unspecified atom stereocenters. The van der Waals surface area contributed by atoms with Crippen molar-refractivity contribution in [2.75, 3.05) is 13.1 Å². The first kappa shape index (κ1) is 20.0. The summed E-state index contributed by atoms with van der Waals surface area (Å²) in [5.41, 5.74) is 1.28. The Morgan fingerprint density at radius 1 is 1.03 bits per heavy atom. The summed E-state index contributed by atoms with van der Waals surface area (Å²) in [5.74, 6) is -1.84. The van der Waals surface area contributed by atoms with E-state index in [0.29, 0.717) is 5.76 Å². The van der Waals surface area contributed by atoms with Crippen molar-refractivity contribution in [3.8, 4) is 0 Å². The van der Waals surface area contributed by atoms with E-state index in [1.807, 2.05) is 18.2 Å². The van der Waals surface area contributed by atoms with Crippen LogP contribution in [0.15, 0.2) is 58.1 Å². The van der Waals surface area contributed by atoms with Crippen molar-refractivity contribution >= 4 is 24.1 Å². The van der Waals surface area contributed by atoms with Gasteiger partial charge in [-0.1, -0.05) is 30.3 Å². The number of hydrogen-bond donors (Lipinski definition) is 1. The molecule has 1 atom stereocenters. The van der Waals surface area contributed by atoms with Gasteiger partial charge in [0, 0.05) is 25.8 Å². The number of carbonyl (C=O) groups is 3. The SMILES string of the molecule is O=C1NC(=O)N(Cc2ccco2)C(=O)C1C=NC1CCN(Cc2ccccc2)CC1. The number of furan rings is 1. The van der Waals surface area contributed by atoms with Crippen LogP contribution >= 0.6 is 0 Å². The Bertz CT molecular complexity index is 918. The summed E-state index contributed by atoms with van der Waals surface area (Å²) in [6.07, 6.45) is 4.59. The Morgan fingerprint density at radius 2 is 1.80 bits per heavy atom. The number of aliphatic imine (C=N–C) groups is 1. The third-order valence-corrected chi connectivity index (χ3v) is 5.44. The van der Waals surface area contributed by atoms with Crippen LogP contribution in [-0.4, -0.2) is 53.0 Å². The minimum atomic E-state index is -1.10. The highest BCUT2D eigenvalue weighted by Crippen LogP contribution is 2.18. The Kier molecular flexibility index (Phi) is 6.04. The first-order valence-corrected chi connectivity index (χ1v) is 10.1. The second-order valence-electron chi connectivity index (χ2n) is 7.57. The molecule has 2 saturated heterocycles. The summed E-state index contributed by atoms with van der Waals surface area (Å²) in [6.45, 7) is 2.70. The molecule has 8 heteroatoms. The average molecular weight is 408 g/mol. The van der Waals surface area contributed by atoms with Crippen molar-refractivity contribution in [3.63, 3.8) is 0 Å². The van der Waals surface area contributed by atoms with Gasteiger partial charge >= 0.3 is 6.03 Å². The molecule has 1 aromatic heterocycles. The molecule has 0 saturated carbocycles. The molecule has 1 aromatic carbocycles. The maximum Gasteiger partial charge on any atom is 0.331 e. The normalized spacial score (nSPS) is 21.4. The van der Waals surface area contributed by atoms with Gasteiger partial charge in [-0.25, -0.2) is 4.79 Å². The maximum absolute atomic E-state index is 12.7.